The van der Waals surface area contributed by atoms with E-state index < -0.39 is 0 Å². The lowest BCUT2D eigenvalue weighted by molar-refractivity contribution is 0.0963. The molecule has 1 aromatic carbocycles. The fourth-order valence-electron chi connectivity index (χ4n) is 3.53. The largest absolute Gasteiger partial charge is 0.397 e. The van der Waals surface area contributed by atoms with Crippen LogP contribution in [0.2, 0.25) is 0 Å². The Hall–Kier alpha value is -1.75. The molecule has 5 heteroatoms. The summed E-state index contributed by atoms with van der Waals surface area (Å²) in [5, 5.41) is 2.67. The highest BCUT2D eigenvalue weighted by Crippen LogP contribution is 2.29. The predicted molar refractivity (Wildman–Crippen MR) is 85.7 cm³/mol. The molecule has 2 aliphatic heterocycles. The van der Waals surface area contributed by atoms with Crippen LogP contribution < -0.4 is 16.0 Å². The first-order valence-corrected chi connectivity index (χ1v) is 7.79. The maximum Gasteiger partial charge on any atom is 0.251 e. The van der Waals surface area contributed by atoms with E-state index in [4.69, 9.17) is 5.73 Å². The van der Waals surface area contributed by atoms with Crippen molar-refractivity contribution in [3.63, 3.8) is 0 Å². The molecule has 2 aliphatic rings. The first-order valence-electron chi connectivity index (χ1n) is 7.79. The summed E-state index contributed by atoms with van der Waals surface area (Å²) in [5.41, 5.74) is 8.60. The number of hydrogen-bond donors (Lipinski definition) is 2. The lowest BCUT2D eigenvalue weighted by Crippen LogP contribution is -2.37. The third-order valence-corrected chi connectivity index (χ3v) is 4.66. The molecule has 1 amide bonds. The van der Waals surface area contributed by atoms with E-state index in [-0.39, 0.29) is 5.91 Å². The van der Waals surface area contributed by atoms with Crippen LogP contribution >= 0.6 is 0 Å². The number of nitrogen functional groups attached to an aromatic ring is 1. The summed E-state index contributed by atoms with van der Waals surface area (Å²) in [7, 11) is 1.65. The van der Waals surface area contributed by atoms with Gasteiger partial charge in [0, 0.05) is 38.3 Å². The molecule has 114 valence electrons. The SMILES string of the molecule is CNC(=O)c1ccc(N)c(N2CCCN3CCCC3C2)c1. The van der Waals surface area contributed by atoms with Crippen LogP contribution in [0.15, 0.2) is 18.2 Å². The highest BCUT2D eigenvalue weighted by molar-refractivity contribution is 5.96. The summed E-state index contributed by atoms with van der Waals surface area (Å²) in [4.78, 5) is 16.8. The minimum Gasteiger partial charge on any atom is -0.397 e. The van der Waals surface area contributed by atoms with E-state index >= 15 is 0 Å². The highest BCUT2D eigenvalue weighted by Gasteiger charge is 2.29. The smallest absolute Gasteiger partial charge is 0.251 e. The zero-order chi connectivity index (χ0) is 14.8. The highest BCUT2D eigenvalue weighted by atomic mass is 16.1. The molecule has 21 heavy (non-hydrogen) atoms. The summed E-state index contributed by atoms with van der Waals surface area (Å²) in [6, 6.07) is 6.20. The molecule has 1 aromatic rings. The second-order valence-corrected chi connectivity index (χ2v) is 5.98. The van der Waals surface area contributed by atoms with Crippen molar-refractivity contribution in [2.45, 2.75) is 25.3 Å². The number of amides is 1. The van der Waals surface area contributed by atoms with E-state index in [1.807, 2.05) is 12.1 Å². The third kappa shape index (κ3) is 2.83. The maximum atomic E-state index is 11.8. The van der Waals surface area contributed by atoms with E-state index in [0.29, 0.717) is 11.6 Å². The number of carbonyl (C=O) groups excluding carboxylic acids is 1. The molecule has 2 saturated heterocycles. The number of fused-ring (bicyclic) bond motifs is 1. The van der Waals surface area contributed by atoms with Crippen molar-refractivity contribution in [1.82, 2.24) is 10.2 Å². The quantitative estimate of drug-likeness (QED) is 0.805. The van der Waals surface area contributed by atoms with Gasteiger partial charge >= 0.3 is 0 Å². The van der Waals surface area contributed by atoms with E-state index in [0.717, 1.165) is 30.9 Å². The Kier molecular flexibility index (Phi) is 4.01. The molecular weight excluding hydrogens is 264 g/mol. The molecule has 0 bridgehead atoms. The Morgan fingerprint density at radius 1 is 1.29 bits per heavy atom. The van der Waals surface area contributed by atoms with Crippen LogP contribution in [-0.4, -0.2) is 50.1 Å². The number of carbonyl (C=O) groups is 1. The molecule has 0 saturated carbocycles. The molecule has 0 aromatic heterocycles. The molecule has 5 nitrogen and oxygen atoms in total. The molecule has 0 aliphatic carbocycles. The number of rotatable bonds is 2. The third-order valence-electron chi connectivity index (χ3n) is 4.66. The van der Waals surface area contributed by atoms with Crippen molar-refractivity contribution in [2.75, 3.05) is 43.9 Å². The average Bonchev–Trinajstić information content (AvgIpc) is 2.84. The van der Waals surface area contributed by atoms with Crippen molar-refractivity contribution in [1.29, 1.82) is 0 Å². The lowest BCUT2D eigenvalue weighted by Gasteiger charge is -2.28. The fourth-order valence-corrected chi connectivity index (χ4v) is 3.53. The number of nitrogens with one attached hydrogen (secondary N) is 1. The number of hydrogen-bond acceptors (Lipinski definition) is 4. The summed E-state index contributed by atoms with van der Waals surface area (Å²) < 4.78 is 0. The van der Waals surface area contributed by atoms with Gasteiger partial charge in [-0.3, -0.25) is 9.69 Å². The zero-order valence-corrected chi connectivity index (χ0v) is 12.6. The zero-order valence-electron chi connectivity index (χ0n) is 12.6. The average molecular weight is 288 g/mol. The van der Waals surface area contributed by atoms with Gasteiger partial charge in [0.2, 0.25) is 0 Å². The van der Waals surface area contributed by atoms with Crippen LogP contribution in [0.4, 0.5) is 11.4 Å². The monoisotopic (exact) mass is 288 g/mol. The van der Waals surface area contributed by atoms with Gasteiger partial charge in [-0.15, -0.1) is 0 Å². The van der Waals surface area contributed by atoms with Gasteiger partial charge in [-0.2, -0.15) is 0 Å². The van der Waals surface area contributed by atoms with Crippen LogP contribution in [-0.2, 0) is 0 Å². The van der Waals surface area contributed by atoms with Crippen molar-refractivity contribution in [3.05, 3.63) is 23.8 Å². The standard InChI is InChI=1S/C16H24N4O/c1-18-16(21)12-5-6-14(17)15(10-12)20-9-3-8-19-7-2-4-13(19)11-20/h5-6,10,13H,2-4,7-9,11,17H2,1H3,(H,18,21). The van der Waals surface area contributed by atoms with Crippen molar-refractivity contribution in [3.8, 4) is 0 Å². The Labute approximate surface area is 126 Å². The van der Waals surface area contributed by atoms with Gasteiger partial charge in [0.25, 0.3) is 5.91 Å². The fraction of sp³-hybridized carbons (Fsp3) is 0.562. The molecule has 2 fully saturated rings. The van der Waals surface area contributed by atoms with Crippen LogP contribution in [0.1, 0.15) is 29.6 Å². The van der Waals surface area contributed by atoms with Gasteiger partial charge in [-0.05, 0) is 44.0 Å². The van der Waals surface area contributed by atoms with Gasteiger partial charge < -0.3 is 16.0 Å². The summed E-state index contributed by atoms with van der Waals surface area (Å²) in [6.07, 6.45) is 3.72. The molecule has 1 atom stereocenters. The second-order valence-electron chi connectivity index (χ2n) is 5.98. The number of nitrogens with zero attached hydrogens (tertiary/aromatic N) is 2. The molecule has 2 heterocycles. The van der Waals surface area contributed by atoms with Crippen LogP contribution in [0.3, 0.4) is 0 Å². The summed E-state index contributed by atoms with van der Waals surface area (Å²) in [6.45, 7) is 4.43. The number of anilines is 2. The predicted octanol–water partition coefficient (Wildman–Crippen LogP) is 1.30. The van der Waals surface area contributed by atoms with E-state index in [2.05, 4.69) is 15.1 Å². The van der Waals surface area contributed by atoms with Crippen LogP contribution in [0.5, 0.6) is 0 Å². The van der Waals surface area contributed by atoms with E-state index in [1.54, 1.807) is 13.1 Å². The Balaban J connectivity index is 1.86. The Bertz CT molecular complexity index is 531. The van der Waals surface area contributed by atoms with Gasteiger partial charge in [0.15, 0.2) is 0 Å². The molecule has 0 radical (unpaired) electrons. The maximum absolute atomic E-state index is 11.8. The Morgan fingerprint density at radius 2 is 2.10 bits per heavy atom. The van der Waals surface area contributed by atoms with Gasteiger partial charge in [0.05, 0.1) is 11.4 Å². The van der Waals surface area contributed by atoms with Crippen LogP contribution in [0.25, 0.3) is 0 Å². The second kappa shape index (κ2) is 5.93. The summed E-state index contributed by atoms with van der Waals surface area (Å²) in [5.74, 6) is -0.0615. The Morgan fingerprint density at radius 3 is 2.90 bits per heavy atom. The van der Waals surface area contributed by atoms with Crippen LogP contribution in [0, 0.1) is 0 Å². The van der Waals surface area contributed by atoms with Crippen molar-refractivity contribution < 1.29 is 4.79 Å². The molecule has 3 N–H and O–H groups in total. The van der Waals surface area contributed by atoms with Gasteiger partial charge in [0.1, 0.15) is 0 Å². The first-order chi connectivity index (χ1) is 10.2. The van der Waals surface area contributed by atoms with Gasteiger partial charge in [-0.25, -0.2) is 0 Å². The lowest BCUT2D eigenvalue weighted by atomic mass is 10.1. The minimum atomic E-state index is -0.0615. The minimum absolute atomic E-state index is 0.0615. The normalized spacial score (nSPS) is 22.7. The first kappa shape index (κ1) is 14.2. The summed E-state index contributed by atoms with van der Waals surface area (Å²) >= 11 is 0. The molecule has 1 unspecified atom stereocenters. The van der Waals surface area contributed by atoms with Crippen molar-refractivity contribution >= 4 is 17.3 Å². The molecular formula is C16H24N4O. The number of nitrogens with two attached hydrogens (primary N) is 1. The van der Waals surface area contributed by atoms with E-state index in [1.165, 1.54) is 25.9 Å². The van der Waals surface area contributed by atoms with Crippen molar-refractivity contribution in [2.24, 2.45) is 0 Å². The topological polar surface area (TPSA) is 61.6 Å². The van der Waals surface area contributed by atoms with E-state index in [9.17, 15) is 4.79 Å². The van der Waals surface area contributed by atoms with Gasteiger partial charge in [-0.1, -0.05) is 0 Å². The number of benzene rings is 1. The molecule has 0 spiro atoms. The molecule has 3 rings (SSSR count).